The summed E-state index contributed by atoms with van der Waals surface area (Å²) in [4.78, 5) is 35.4. The number of aryl methyl sites for hydroxylation is 2. The van der Waals surface area contributed by atoms with Crippen molar-refractivity contribution in [1.29, 1.82) is 0 Å². The molecule has 2 aromatic rings. The third-order valence-corrected chi connectivity index (χ3v) is 4.86. The molecule has 1 amide bonds. The van der Waals surface area contributed by atoms with E-state index in [0.717, 1.165) is 36.4 Å². The zero-order valence-electron chi connectivity index (χ0n) is 15.8. The fraction of sp³-hybridized carbons (Fsp3) is 0.500. The van der Waals surface area contributed by atoms with E-state index in [1.807, 2.05) is 13.8 Å². The third-order valence-electron chi connectivity index (χ3n) is 4.86. The van der Waals surface area contributed by atoms with Crippen LogP contribution in [-0.2, 0) is 9.53 Å². The minimum Gasteiger partial charge on any atom is -0.452 e. The molecule has 138 valence electrons. The SMILES string of the molecule is Cc1nc2ccc(C(=O)OCC(=O)N3C[C@H](C)C[C@@H](C)C3)cc2nc1C. The van der Waals surface area contributed by atoms with E-state index in [1.165, 1.54) is 0 Å². The highest BCUT2D eigenvalue weighted by Gasteiger charge is 2.26. The van der Waals surface area contributed by atoms with Crippen molar-refractivity contribution in [3.63, 3.8) is 0 Å². The van der Waals surface area contributed by atoms with Crippen LogP contribution in [0, 0.1) is 25.7 Å². The topological polar surface area (TPSA) is 72.4 Å². The molecule has 1 saturated heterocycles. The Bertz CT molecular complexity index is 840. The molecule has 0 N–H and O–H groups in total. The van der Waals surface area contributed by atoms with Gasteiger partial charge in [0.25, 0.3) is 5.91 Å². The van der Waals surface area contributed by atoms with Crippen molar-refractivity contribution < 1.29 is 14.3 Å². The summed E-state index contributed by atoms with van der Waals surface area (Å²) >= 11 is 0. The molecule has 0 unspecified atom stereocenters. The molecule has 0 radical (unpaired) electrons. The summed E-state index contributed by atoms with van der Waals surface area (Å²) in [6, 6.07) is 5.07. The Labute approximate surface area is 153 Å². The average molecular weight is 355 g/mol. The van der Waals surface area contributed by atoms with Gasteiger partial charge >= 0.3 is 5.97 Å². The number of benzene rings is 1. The maximum atomic E-state index is 12.3. The normalized spacial score (nSPS) is 20.2. The molecular formula is C20H25N3O3. The number of likely N-dealkylation sites (tertiary alicyclic amines) is 1. The van der Waals surface area contributed by atoms with Crippen molar-refractivity contribution in [3.05, 3.63) is 35.2 Å². The molecule has 0 saturated carbocycles. The second-order valence-corrected chi connectivity index (χ2v) is 7.42. The number of piperidine rings is 1. The minimum absolute atomic E-state index is 0.135. The molecule has 0 spiro atoms. The molecule has 1 aromatic heterocycles. The van der Waals surface area contributed by atoms with Crippen LogP contribution in [-0.4, -0.2) is 46.4 Å². The number of carbonyl (C=O) groups is 2. The number of esters is 1. The van der Waals surface area contributed by atoms with E-state index in [2.05, 4.69) is 23.8 Å². The fourth-order valence-corrected chi connectivity index (χ4v) is 3.53. The molecule has 26 heavy (non-hydrogen) atoms. The lowest BCUT2D eigenvalue weighted by Gasteiger charge is -2.34. The molecular weight excluding hydrogens is 330 g/mol. The number of amides is 1. The zero-order valence-corrected chi connectivity index (χ0v) is 15.8. The van der Waals surface area contributed by atoms with Crippen LogP contribution in [0.3, 0.4) is 0 Å². The van der Waals surface area contributed by atoms with Gasteiger partial charge in [0.1, 0.15) is 0 Å². The van der Waals surface area contributed by atoms with Gasteiger partial charge in [0, 0.05) is 13.1 Å². The highest BCUT2D eigenvalue weighted by Crippen LogP contribution is 2.21. The predicted octanol–water partition coefficient (Wildman–Crippen LogP) is 2.91. The van der Waals surface area contributed by atoms with E-state index < -0.39 is 5.97 Å². The predicted molar refractivity (Wildman–Crippen MR) is 98.8 cm³/mol. The summed E-state index contributed by atoms with van der Waals surface area (Å²) in [7, 11) is 0. The van der Waals surface area contributed by atoms with Crippen molar-refractivity contribution in [3.8, 4) is 0 Å². The van der Waals surface area contributed by atoms with Crippen molar-refractivity contribution in [2.45, 2.75) is 34.1 Å². The number of rotatable bonds is 3. The van der Waals surface area contributed by atoms with Crippen LogP contribution in [0.4, 0.5) is 0 Å². The smallest absolute Gasteiger partial charge is 0.338 e. The Kier molecular flexibility index (Phi) is 5.20. The van der Waals surface area contributed by atoms with Gasteiger partial charge < -0.3 is 9.64 Å². The molecule has 1 fully saturated rings. The molecule has 0 bridgehead atoms. The lowest BCUT2D eigenvalue weighted by Crippen LogP contribution is -2.44. The molecule has 1 aliphatic heterocycles. The van der Waals surface area contributed by atoms with Crippen LogP contribution in [0.25, 0.3) is 11.0 Å². The number of carbonyl (C=O) groups excluding carboxylic acids is 2. The molecule has 0 aliphatic carbocycles. The van der Waals surface area contributed by atoms with Crippen LogP contribution in [0.1, 0.15) is 42.0 Å². The van der Waals surface area contributed by atoms with Crippen LogP contribution < -0.4 is 0 Å². The van der Waals surface area contributed by atoms with Gasteiger partial charge in [-0.05, 0) is 50.3 Å². The first-order chi connectivity index (χ1) is 12.3. The van der Waals surface area contributed by atoms with Gasteiger partial charge in [0.05, 0.1) is 28.0 Å². The lowest BCUT2D eigenvalue weighted by atomic mass is 9.92. The van der Waals surface area contributed by atoms with Crippen molar-refractivity contribution in [1.82, 2.24) is 14.9 Å². The summed E-state index contributed by atoms with van der Waals surface area (Å²) in [5.41, 5.74) is 3.45. The van der Waals surface area contributed by atoms with Crippen molar-refractivity contribution in [2.24, 2.45) is 11.8 Å². The highest BCUT2D eigenvalue weighted by molar-refractivity contribution is 5.94. The third kappa shape index (κ3) is 4.00. The van der Waals surface area contributed by atoms with Gasteiger partial charge in [-0.25, -0.2) is 14.8 Å². The first-order valence-corrected chi connectivity index (χ1v) is 9.03. The van der Waals surface area contributed by atoms with Gasteiger partial charge in [-0.15, -0.1) is 0 Å². The average Bonchev–Trinajstić information content (AvgIpc) is 2.59. The van der Waals surface area contributed by atoms with Gasteiger partial charge in [-0.1, -0.05) is 13.8 Å². The molecule has 6 nitrogen and oxygen atoms in total. The molecule has 3 rings (SSSR count). The second kappa shape index (κ2) is 7.40. The van der Waals surface area contributed by atoms with E-state index in [9.17, 15) is 9.59 Å². The fourth-order valence-electron chi connectivity index (χ4n) is 3.53. The maximum absolute atomic E-state index is 12.3. The Morgan fingerprint density at radius 1 is 1.08 bits per heavy atom. The van der Waals surface area contributed by atoms with Gasteiger partial charge in [-0.3, -0.25) is 4.79 Å². The Hall–Kier alpha value is -2.50. The first kappa shape index (κ1) is 18.3. The Balaban J connectivity index is 1.65. The Morgan fingerprint density at radius 3 is 2.35 bits per heavy atom. The van der Waals surface area contributed by atoms with Gasteiger partial charge in [0.15, 0.2) is 6.61 Å². The van der Waals surface area contributed by atoms with Crippen LogP contribution in [0.15, 0.2) is 18.2 Å². The summed E-state index contributed by atoms with van der Waals surface area (Å²) < 4.78 is 5.24. The number of nitrogens with zero attached hydrogens (tertiary/aromatic N) is 3. The number of aromatic nitrogens is 2. The number of ether oxygens (including phenoxy) is 1. The van der Waals surface area contributed by atoms with Crippen LogP contribution >= 0.6 is 0 Å². The van der Waals surface area contributed by atoms with E-state index in [1.54, 1.807) is 23.1 Å². The number of hydrogen-bond acceptors (Lipinski definition) is 5. The van der Waals surface area contributed by atoms with E-state index in [0.29, 0.717) is 22.9 Å². The molecule has 6 heteroatoms. The van der Waals surface area contributed by atoms with Gasteiger partial charge in [-0.2, -0.15) is 0 Å². The summed E-state index contributed by atoms with van der Waals surface area (Å²) in [5, 5.41) is 0. The van der Waals surface area contributed by atoms with E-state index in [-0.39, 0.29) is 12.5 Å². The second-order valence-electron chi connectivity index (χ2n) is 7.42. The first-order valence-electron chi connectivity index (χ1n) is 9.03. The standard InChI is InChI=1S/C20H25N3O3/c1-12-7-13(2)10-23(9-12)19(24)11-26-20(25)16-5-6-17-18(8-16)22-15(4)14(3)21-17/h5-6,8,12-13H,7,9-11H2,1-4H3/t12-,13-/m1/s1. The van der Waals surface area contributed by atoms with Gasteiger partial charge in [0.2, 0.25) is 0 Å². The minimum atomic E-state index is -0.515. The molecule has 1 aromatic carbocycles. The van der Waals surface area contributed by atoms with Crippen molar-refractivity contribution in [2.75, 3.05) is 19.7 Å². The zero-order chi connectivity index (χ0) is 18.8. The van der Waals surface area contributed by atoms with Crippen molar-refractivity contribution >= 4 is 22.9 Å². The maximum Gasteiger partial charge on any atom is 0.338 e. The van der Waals surface area contributed by atoms with Crippen LogP contribution in [0.5, 0.6) is 0 Å². The Morgan fingerprint density at radius 2 is 1.69 bits per heavy atom. The largest absolute Gasteiger partial charge is 0.452 e. The quantitative estimate of drug-likeness (QED) is 0.792. The summed E-state index contributed by atoms with van der Waals surface area (Å²) in [6.45, 7) is 9.29. The molecule has 1 aliphatic rings. The number of fused-ring (bicyclic) bond motifs is 1. The van der Waals surface area contributed by atoms with E-state index in [4.69, 9.17) is 4.74 Å². The van der Waals surface area contributed by atoms with Crippen LogP contribution in [0.2, 0.25) is 0 Å². The highest BCUT2D eigenvalue weighted by atomic mass is 16.5. The van der Waals surface area contributed by atoms with E-state index >= 15 is 0 Å². The summed E-state index contributed by atoms with van der Waals surface area (Å²) in [6.07, 6.45) is 1.13. The lowest BCUT2D eigenvalue weighted by molar-refractivity contribution is -0.137. The monoisotopic (exact) mass is 355 g/mol. The number of hydrogen-bond donors (Lipinski definition) is 0. The summed E-state index contributed by atoms with van der Waals surface area (Å²) in [5.74, 6) is 0.301. The molecule has 2 atom stereocenters. The molecule has 2 heterocycles.